The summed E-state index contributed by atoms with van der Waals surface area (Å²) in [5, 5.41) is 30.7. The third-order valence-electron chi connectivity index (χ3n) is 6.02. The van der Waals surface area contributed by atoms with Gasteiger partial charge in [0, 0.05) is 27.1 Å². The van der Waals surface area contributed by atoms with Gasteiger partial charge < -0.3 is 50.4 Å². The van der Waals surface area contributed by atoms with E-state index in [-0.39, 0.29) is 48.0 Å². The molecule has 5 atom stereocenters. The van der Waals surface area contributed by atoms with Crippen LogP contribution in [0.15, 0.2) is 37.1 Å². The lowest BCUT2D eigenvalue weighted by molar-refractivity contribution is -0.134. The number of hydrogen-bond donors (Lipinski definition) is 6. The first-order valence-corrected chi connectivity index (χ1v) is 14.1. The lowest BCUT2D eigenvalue weighted by Gasteiger charge is -2.23. The van der Waals surface area contributed by atoms with Crippen molar-refractivity contribution < 1.29 is 43.5 Å². The highest BCUT2D eigenvalue weighted by molar-refractivity contribution is 7.52. The van der Waals surface area contributed by atoms with Crippen molar-refractivity contribution in [2.75, 3.05) is 38.6 Å². The molecular weight excluding hydrogens is 579 g/mol. The number of anilines is 2. The van der Waals surface area contributed by atoms with Crippen LogP contribution in [0.2, 0.25) is 0 Å². The van der Waals surface area contributed by atoms with E-state index in [0.717, 1.165) is 6.08 Å². The molecule has 0 aliphatic heterocycles. The third kappa shape index (κ3) is 6.97. The molecule has 0 saturated carbocycles. The van der Waals surface area contributed by atoms with Crippen molar-refractivity contribution in [3.63, 3.8) is 0 Å². The largest absolute Gasteiger partial charge is 0.428 e. The Morgan fingerprint density at radius 2 is 1.57 bits per heavy atom. The van der Waals surface area contributed by atoms with Crippen molar-refractivity contribution in [2.24, 2.45) is 0 Å². The van der Waals surface area contributed by atoms with Gasteiger partial charge in [-0.3, -0.25) is 9.13 Å². The first-order valence-electron chi connectivity index (χ1n) is 12.3. The fourth-order valence-corrected chi connectivity index (χ4v) is 4.63. The molecule has 0 bridgehead atoms. The maximum absolute atomic E-state index is 12.1. The number of aliphatic hydroxyl groups excluding tert-OH is 3. The Hall–Kier alpha value is -3.81. The van der Waals surface area contributed by atoms with E-state index in [1.807, 2.05) is 0 Å². The van der Waals surface area contributed by atoms with Crippen molar-refractivity contribution in [1.82, 2.24) is 39.0 Å². The Morgan fingerprint density at radius 1 is 0.976 bits per heavy atom. The second-order valence-electron chi connectivity index (χ2n) is 8.79. The van der Waals surface area contributed by atoms with Gasteiger partial charge in [-0.25, -0.2) is 34.5 Å². The zero-order valence-corrected chi connectivity index (χ0v) is 23.4. The van der Waals surface area contributed by atoms with Crippen LogP contribution >= 0.6 is 7.60 Å². The van der Waals surface area contributed by atoms with Crippen LogP contribution < -0.4 is 11.5 Å². The molecule has 4 rings (SSSR count). The molecule has 0 saturated heterocycles. The first kappa shape index (κ1) is 31.1. The predicted octanol–water partition coefficient (Wildman–Crippen LogP) is -0.368. The maximum atomic E-state index is 12.1. The second kappa shape index (κ2) is 13.4. The topological polar surface area (TPSA) is 274 Å². The number of rotatable bonds is 15. The Morgan fingerprint density at radius 3 is 2.14 bits per heavy atom. The van der Waals surface area contributed by atoms with Crippen LogP contribution in [-0.4, -0.2) is 98.8 Å². The van der Waals surface area contributed by atoms with Crippen LogP contribution in [0.5, 0.6) is 0 Å². The minimum absolute atomic E-state index is 0.0615. The molecule has 8 N–H and O–H groups in total. The maximum Gasteiger partial charge on any atom is 0.401 e. The third-order valence-corrected chi connectivity index (χ3v) is 6.90. The molecule has 42 heavy (non-hydrogen) atoms. The van der Waals surface area contributed by atoms with E-state index in [0.29, 0.717) is 11.2 Å². The highest BCUT2D eigenvalue weighted by Crippen LogP contribution is 2.44. The lowest BCUT2D eigenvalue weighted by Crippen LogP contribution is -2.25. The summed E-state index contributed by atoms with van der Waals surface area (Å²) in [7, 11) is -1.73. The highest BCUT2D eigenvalue weighted by Gasteiger charge is 2.27. The van der Waals surface area contributed by atoms with Crippen LogP contribution in [0, 0.1) is 0 Å². The summed E-state index contributed by atoms with van der Waals surface area (Å²) >= 11 is 0. The molecule has 0 aliphatic rings. The molecule has 0 amide bonds. The zero-order valence-electron chi connectivity index (χ0n) is 22.5. The average molecular weight is 611 g/mol. The molecule has 0 spiro atoms. The number of nitrogens with two attached hydrogens (primary N) is 2. The van der Waals surface area contributed by atoms with Crippen molar-refractivity contribution in [3.05, 3.63) is 37.1 Å². The molecule has 0 fully saturated rings. The molecule has 4 heterocycles. The standard InChI is InChI=1S/C22H31N10O9P/c1-38-14(31-9-29-16-18(23)25-7-27-20(16)31)6-15(35)40-4-3-12(41-42(36,37)11-33)5-13(34)22(39-2)32-10-30-17-19(24)26-8-28-21(17)32/h5,7-10,13-15,22,33-35H,3-4,6,11H2,1-2H3,(H,36,37)(H2,23,25,27)(H2,24,26,28)/b12-5-/t13-,14+,15+,22?/m0/s1. The van der Waals surface area contributed by atoms with Crippen LogP contribution in [0.3, 0.4) is 0 Å². The van der Waals surface area contributed by atoms with Crippen LogP contribution in [0.4, 0.5) is 11.6 Å². The Bertz CT molecular complexity index is 1580. The van der Waals surface area contributed by atoms with Gasteiger partial charge in [-0.2, -0.15) is 0 Å². The normalized spacial score (nSPS) is 16.8. The Labute approximate surface area is 237 Å². The van der Waals surface area contributed by atoms with E-state index >= 15 is 0 Å². The molecule has 0 aromatic carbocycles. The van der Waals surface area contributed by atoms with E-state index in [1.54, 1.807) is 4.57 Å². The molecule has 2 unspecified atom stereocenters. The minimum Gasteiger partial charge on any atom is -0.428 e. The van der Waals surface area contributed by atoms with Gasteiger partial charge in [0.2, 0.25) is 0 Å². The van der Waals surface area contributed by atoms with Gasteiger partial charge in [0.05, 0.1) is 19.3 Å². The quantitative estimate of drug-likeness (QED) is 0.0569. The molecular formula is C22H31N10O9P. The zero-order chi connectivity index (χ0) is 30.4. The molecule has 0 radical (unpaired) electrons. The van der Waals surface area contributed by atoms with Gasteiger partial charge in [0.1, 0.15) is 41.8 Å². The van der Waals surface area contributed by atoms with Gasteiger partial charge in [0.15, 0.2) is 41.8 Å². The summed E-state index contributed by atoms with van der Waals surface area (Å²) in [5.74, 6) is 0.0911. The molecule has 19 nitrogen and oxygen atoms in total. The van der Waals surface area contributed by atoms with Crippen LogP contribution in [0.25, 0.3) is 22.3 Å². The number of ether oxygens (including phenoxy) is 3. The van der Waals surface area contributed by atoms with E-state index in [4.69, 9.17) is 30.2 Å². The van der Waals surface area contributed by atoms with Crippen LogP contribution in [-0.2, 0) is 23.3 Å². The Kier molecular flexibility index (Phi) is 9.97. The van der Waals surface area contributed by atoms with Gasteiger partial charge in [-0.1, -0.05) is 0 Å². The summed E-state index contributed by atoms with van der Waals surface area (Å²) in [4.78, 5) is 34.2. The molecule has 4 aromatic heterocycles. The van der Waals surface area contributed by atoms with Crippen molar-refractivity contribution in [3.8, 4) is 0 Å². The predicted molar refractivity (Wildman–Crippen MR) is 145 cm³/mol. The van der Waals surface area contributed by atoms with E-state index in [9.17, 15) is 24.8 Å². The van der Waals surface area contributed by atoms with Gasteiger partial charge in [0.25, 0.3) is 0 Å². The summed E-state index contributed by atoms with van der Waals surface area (Å²) in [6.45, 7) is -0.225. The van der Waals surface area contributed by atoms with E-state index in [2.05, 4.69) is 29.9 Å². The fraction of sp³-hybridized carbons (Fsp3) is 0.455. The number of imidazole rings is 2. The number of nitrogens with zero attached hydrogens (tertiary/aromatic N) is 8. The lowest BCUT2D eigenvalue weighted by atomic mass is 10.2. The van der Waals surface area contributed by atoms with Crippen molar-refractivity contribution >= 4 is 41.6 Å². The summed E-state index contributed by atoms with van der Waals surface area (Å²) in [5.41, 5.74) is 13.0. The molecule has 0 aliphatic carbocycles. The molecule has 228 valence electrons. The van der Waals surface area contributed by atoms with Crippen molar-refractivity contribution in [1.29, 1.82) is 0 Å². The average Bonchev–Trinajstić information content (AvgIpc) is 3.58. The smallest absolute Gasteiger partial charge is 0.401 e. The second-order valence-corrected chi connectivity index (χ2v) is 10.5. The number of aliphatic hydroxyl groups is 3. The minimum atomic E-state index is -4.47. The SMILES string of the molecule is COC([C@@H](O)/C=C(/CCO[C@@H](O)C[C@@H](OC)n1cnc2c(N)ncnc21)OP(=O)(O)CO)n1cnc2c(N)ncnc21. The summed E-state index contributed by atoms with van der Waals surface area (Å²) in [6, 6.07) is 0. The number of nitrogen functional groups attached to an aromatic ring is 2. The number of aromatic nitrogens is 8. The van der Waals surface area contributed by atoms with E-state index < -0.39 is 38.8 Å². The Balaban J connectivity index is 1.45. The first-order chi connectivity index (χ1) is 20.1. The highest BCUT2D eigenvalue weighted by atomic mass is 31.2. The van der Waals surface area contributed by atoms with Gasteiger partial charge in [-0.05, 0) is 6.08 Å². The number of methoxy groups -OCH3 is 2. The fourth-order valence-electron chi connectivity index (χ4n) is 4.06. The molecule has 4 aromatic rings. The number of hydrogen-bond acceptors (Lipinski definition) is 16. The summed E-state index contributed by atoms with van der Waals surface area (Å²) in [6.07, 6.45) is 0.248. The van der Waals surface area contributed by atoms with E-state index in [1.165, 1.54) is 44.1 Å². The van der Waals surface area contributed by atoms with Crippen molar-refractivity contribution in [2.45, 2.75) is 37.7 Å². The molecule has 20 heteroatoms. The van der Waals surface area contributed by atoms with Gasteiger partial charge >= 0.3 is 7.60 Å². The monoisotopic (exact) mass is 610 g/mol. The van der Waals surface area contributed by atoms with Crippen LogP contribution in [0.1, 0.15) is 25.3 Å². The number of fused-ring (bicyclic) bond motifs is 2. The summed E-state index contributed by atoms with van der Waals surface area (Å²) < 4.78 is 36.5. The van der Waals surface area contributed by atoms with Gasteiger partial charge in [-0.15, -0.1) is 0 Å².